The Morgan fingerprint density at radius 2 is 2.12 bits per heavy atom. The fourth-order valence-corrected chi connectivity index (χ4v) is 2.14. The lowest BCUT2D eigenvalue weighted by Gasteiger charge is -2.16. The summed E-state index contributed by atoms with van der Waals surface area (Å²) in [4.78, 5) is 0. The molecule has 0 fully saturated rings. The van der Waals surface area contributed by atoms with Gasteiger partial charge in [0.05, 0.1) is 0 Å². The van der Waals surface area contributed by atoms with Crippen LogP contribution >= 0.6 is 11.3 Å². The van der Waals surface area contributed by atoms with Crippen LogP contribution in [-0.2, 0) is 0 Å². The Hall–Kier alpha value is -1.46. The summed E-state index contributed by atoms with van der Waals surface area (Å²) in [6, 6.07) is 5.07. The Labute approximate surface area is 102 Å². The quantitative estimate of drug-likeness (QED) is 0.911. The van der Waals surface area contributed by atoms with Gasteiger partial charge in [0.25, 0.3) is 0 Å². The second kappa shape index (κ2) is 5.25. The molecule has 0 aliphatic rings. The number of nitrogens with two attached hydrogens (primary N) is 1. The highest BCUT2D eigenvalue weighted by Gasteiger charge is 2.14. The second-order valence-corrected chi connectivity index (χ2v) is 4.25. The highest BCUT2D eigenvalue weighted by Crippen LogP contribution is 2.25. The molecule has 0 aliphatic carbocycles. The van der Waals surface area contributed by atoms with Crippen molar-refractivity contribution in [2.45, 2.75) is 6.10 Å². The molecule has 0 amide bonds. The van der Waals surface area contributed by atoms with Gasteiger partial charge in [-0.05, 0) is 29.0 Å². The topological polar surface area (TPSA) is 35.2 Å². The summed E-state index contributed by atoms with van der Waals surface area (Å²) in [6.45, 7) is 0.230. The zero-order valence-corrected chi connectivity index (χ0v) is 9.71. The van der Waals surface area contributed by atoms with Crippen molar-refractivity contribution in [3.8, 4) is 5.75 Å². The van der Waals surface area contributed by atoms with Crippen molar-refractivity contribution in [2.75, 3.05) is 6.54 Å². The predicted octanol–water partition coefficient (Wildman–Crippen LogP) is 3.11. The van der Waals surface area contributed by atoms with E-state index in [1.54, 1.807) is 0 Å². The highest BCUT2D eigenvalue weighted by molar-refractivity contribution is 7.07. The Kier molecular flexibility index (Phi) is 3.71. The Bertz CT molecular complexity index is 487. The molecule has 0 saturated heterocycles. The molecular formula is C12H11F2NOS. The fraction of sp³-hybridized carbons (Fsp3) is 0.167. The largest absolute Gasteiger partial charge is 0.481 e. The van der Waals surface area contributed by atoms with Crippen LogP contribution in [0.1, 0.15) is 11.7 Å². The van der Waals surface area contributed by atoms with E-state index in [4.69, 9.17) is 10.5 Å². The van der Waals surface area contributed by atoms with E-state index in [2.05, 4.69) is 0 Å². The average molecular weight is 255 g/mol. The zero-order valence-electron chi connectivity index (χ0n) is 8.90. The van der Waals surface area contributed by atoms with Gasteiger partial charge in [-0.15, -0.1) is 0 Å². The molecule has 2 N–H and O–H groups in total. The molecular weight excluding hydrogens is 244 g/mol. The third kappa shape index (κ3) is 2.81. The summed E-state index contributed by atoms with van der Waals surface area (Å²) >= 11 is 1.51. The maximum absolute atomic E-state index is 13.4. The van der Waals surface area contributed by atoms with Gasteiger partial charge in [0.15, 0.2) is 11.6 Å². The smallest absolute Gasteiger partial charge is 0.168 e. The van der Waals surface area contributed by atoms with Crippen molar-refractivity contribution in [3.63, 3.8) is 0 Å². The molecule has 2 aromatic rings. The molecule has 0 aliphatic heterocycles. The van der Waals surface area contributed by atoms with Crippen LogP contribution in [0.25, 0.3) is 0 Å². The van der Waals surface area contributed by atoms with Gasteiger partial charge in [-0.3, -0.25) is 0 Å². The van der Waals surface area contributed by atoms with Crippen LogP contribution in [0.5, 0.6) is 5.75 Å². The molecule has 1 atom stereocenters. The molecule has 1 aromatic heterocycles. The number of rotatable bonds is 4. The SMILES string of the molecule is NCC(Oc1ccc(F)cc1F)c1ccsc1. The van der Waals surface area contributed by atoms with Crippen molar-refractivity contribution < 1.29 is 13.5 Å². The molecule has 5 heteroatoms. The van der Waals surface area contributed by atoms with Crippen LogP contribution < -0.4 is 10.5 Å². The van der Waals surface area contributed by atoms with Gasteiger partial charge in [0.1, 0.15) is 11.9 Å². The third-order valence-electron chi connectivity index (χ3n) is 2.29. The summed E-state index contributed by atoms with van der Waals surface area (Å²) in [5, 5.41) is 3.78. The standard InChI is InChI=1S/C12H11F2NOS/c13-9-1-2-11(10(14)5-9)16-12(6-15)8-3-4-17-7-8/h1-5,7,12H,6,15H2. The van der Waals surface area contributed by atoms with E-state index in [1.807, 2.05) is 16.8 Å². The Balaban J connectivity index is 2.19. The Morgan fingerprint density at radius 3 is 2.71 bits per heavy atom. The number of hydrogen-bond acceptors (Lipinski definition) is 3. The number of halogens is 2. The van der Waals surface area contributed by atoms with Gasteiger partial charge >= 0.3 is 0 Å². The van der Waals surface area contributed by atoms with Crippen LogP contribution in [0.3, 0.4) is 0 Å². The van der Waals surface area contributed by atoms with Gasteiger partial charge in [0.2, 0.25) is 0 Å². The van der Waals surface area contributed by atoms with Crippen LogP contribution in [0, 0.1) is 11.6 Å². The first-order valence-electron chi connectivity index (χ1n) is 5.04. The molecule has 1 unspecified atom stereocenters. The maximum atomic E-state index is 13.4. The second-order valence-electron chi connectivity index (χ2n) is 3.47. The first kappa shape index (κ1) is 12.0. The normalized spacial score (nSPS) is 12.4. The van der Waals surface area contributed by atoms with E-state index in [0.717, 1.165) is 17.7 Å². The van der Waals surface area contributed by atoms with E-state index >= 15 is 0 Å². The molecule has 2 nitrogen and oxygen atoms in total. The summed E-state index contributed by atoms with van der Waals surface area (Å²) in [6.07, 6.45) is -0.416. The minimum absolute atomic E-state index is 0.00745. The van der Waals surface area contributed by atoms with Crippen molar-refractivity contribution in [1.29, 1.82) is 0 Å². The minimum Gasteiger partial charge on any atom is -0.481 e. The summed E-state index contributed by atoms with van der Waals surface area (Å²) in [5.74, 6) is -1.35. The zero-order chi connectivity index (χ0) is 12.3. The molecule has 17 heavy (non-hydrogen) atoms. The summed E-state index contributed by atoms with van der Waals surface area (Å²) < 4.78 is 31.5. The first-order chi connectivity index (χ1) is 8.20. The van der Waals surface area contributed by atoms with Crippen molar-refractivity contribution >= 4 is 11.3 Å². The molecule has 0 bridgehead atoms. The van der Waals surface area contributed by atoms with Gasteiger partial charge < -0.3 is 10.5 Å². The molecule has 0 spiro atoms. The number of thiophene rings is 1. The van der Waals surface area contributed by atoms with E-state index in [1.165, 1.54) is 17.4 Å². The van der Waals surface area contributed by atoms with E-state index in [9.17, 15) is 8.78 Å². The molecule has 90 valence electrons. The van der Waals surface area contributed by atoms with Gasteiger partial charge in [-0.25, -0.2) is 8.78 Å². The maximum Gasteiger partial charge on any atom is 0.168 e. The van der Waals surface area contributed by atoms with Crippen LogP contribution in [0.15, 0.2) is 35.0 Å². The van der Waals surface area contributed by atoms with Gasteiger partial charge in [0, 0.05) is 18.2 Å². The molecule has 2 rings (SSSR count). The van der Waals surface area contributed by atoms with Crippen LogP contribution in [-0.4, -0.2) is 6.54 Å². The number of hydrogen-bond donors (Lipinski definition) is 1. The molecule has 1 heterocycles. The minimum atomic E-state index is -0.723. The van der Waals surface area contributed by atoms with E-state index in [-0.39, 0.29) is 12.3 Å². The van der Waals surface area contributed by atoms with E-state index in [0.29, 0.717) is 0 Å². The van der Waals surface area contributed by atoms with Crippen LogP contribution in [0.2, 0.25) is 0 Å². The van der Waals surface area contributed by atoms with Crippen molar-refractivity contribution in [1.82, 2.24) is 0 Å². The van der Waals surface area contributed by atoms with E-state index < -0.39 is 17.7 Å². The first-order valence-corrected chi connectivity index (χ1v) is 5.99. The monoisotopic (exact) mass is 255 g/mol. The van der Waals surface area contributed by atoms with Crippen molar-refractivity contribution in [3.05, 3.63) is 52.2 Å². The van der Waals surface area contributed by atoms with Crippen LogP contribution in [0.4, 0.5) is 8.78 Å². The predicted molar refractivity (Wildman–Crippen MR) is 63.1 cm³/mol. The molecule has 0 radical (unpaired) electrons. The lowest BCUT2D eigenvalue weighted by molar-refractivity contribution is 0.204. The summed E-state index contributed by atoms with van der Waals surface area (Å²) in [7, 11) is 0. The van der Waals surface area contributed by atoms with Gasteiger partial charge in [-0.2, -0.15) is 11.3 Å². The lowest BCUT2D eigenvalue weighted by atomic mass is 10.2. The molecule has 1 aromatic carbocycles. The molecule has 0 saturated carbocycles. The fourth-order valence-electron chi connectivity index (χ4n) is 1.43. The number of ether oxygens (including phenoxy) is 1. The summed E-state index contributed by atoms with van der Waals surface area (Å²) in [5.41, 5.74) is 6.46. The highest BCUT2D eigenvalue weighted by atomic mass is 32.1. The third-order valence-corrected chi connectivity index (χ3v) is 2.99. The Morgan fingerprint density at radius 1 is 1.29 bits per heavy atom. The van der Waals surface area contributed by atoms with Gasteiger partial charge in [-0.1, -0.05) is 0 Å². The lowest BCUT2D eigenvalue weighted by Crippen LogP contribution is -2.18. The number of benzene rings is 1. The van der Waals surface area contributed by atoms with Crippen molar-refractivity contribution in [2.24, 2.45) is 5.73 Å². The average Bonchev–Trinajstić information content (AvgIpc) is 2.81.